The van der Waals surface area contributed by atoms with Gasteiger partial charge in [0.15, 0.2) is 11.6 Å². The first kappa shape index (κ1) is 12.8. The van der Waals surface area contributed by atoms with Gasteiger partial charge >= 0.3 is 0 Å². The van der Waals surface area contributed by atoms with Gasteiger partial charge in [-0.25, -0.2) is 4.39 Å². The Hall–Kier alpha value is -0.650. The van der Waals surface area contributed by atoms with Crippen LogP contribution >= 0.6 is 15.9 Å². The van der Waals surface area contributed by atoms with Crippen molar-refractivity contribution in [3.63, 3.8) is 0 Å². The minimum atomic E-state index is -0.634. The number of phenolic OH excluding ortho intramolecular Hbond substituents is 1. The maximum atomic E-state index is 13.3. The lowest BCUT2D eigenvalue weighted by Gasteiger charge is -2.28. The van der Waals surface area contributed by atoms with E-state index in [9.17, 15) is 9.50 Å². The molecule has 1 aromatic rings. The number of hydrogen-bond acceptors (Lipinski definition) is 3. The van der Waals surface area contributed by atoms with Crippen molar-refractivity contribution in [2.45, 2.75) is 18.9 Å². The second-order valence-corrected chi connectivity index (χ2v) is 5.12. The molecule has 1 aromatic carbocycles. The van der Waals surface area contributed by atoms with E-state index in [1.807, 2.05) is 0 Å². The van der Waals surface area contributed by atoms with Crippen LogP contribution in [0.1, 0.15) is 24.4 Å². The number of halogens is 2. The number of hydrogen-bond donors (Lipinski definition) is 2. The Labute approximate surface area is 108 Å². The van der Waals surface area contributed by atoms with Crippen molar-refractivity contribution in [3.8, 4) is 5.75 Å². The molecule has 0 aromatic heterocycles. The zero-order chi connectivity index (χ0) is 12.4. The molecule has 94 valence electrons. The molecule has 1 fully saturated rings. The average molecular weight is 304 g/mol. The highest BCUT2D eigenvalue weighted by Gasteiger charge is 2.27. The third-order valence-electron chi connectivity index (χ3n) is 3.22. The highest BCUT2D eigenvalue weighted by atomic mass is 79.9. The highest BCUT2D eigenvalue weighted by molar-refractivity contribution is 9.10. The van der Waals surface area contributed by atoms with Gasteiger partial charge in [0.05, 0.1) is 0 Å². The molecule has 17 heavy (non-hydrogen) atoms. The Balaban J connectivity index is 2.29. The predicted molar refractivity (Wildman–Crippen MR) is 66.2 cm³/mol. The first-order valence-corrected chi connectivity index (χ1v) is 6.40. The summed E-state index contributed by atoms with van der Waals surface area (Å²) >= 11 is 3.31. The Morgan fingerprint density at radius 2 is 2.06 bits per heavy atom. The van der Waals surface area contributed by atoms with Crippen molar-refractivity contribution in [2.24, 2.45) is 11.7 Å². The van der Waals surface area contributed by atoms with Crippen LogP contribution in [0.4, 0.5) is 4.39 Å². The molecule has 3 N–H and O–H groups in total. The molecule has 1 saturated heterocycles. The van der Waals surface area contributed by atoms with E-state index in [-0.39, 0.29) is 17.7 Å². The van der Waals surface area contributed by atoms with Gasteiger partial charge in [0.25, 0.3) is 0 Å². The molecule has 3 nitrogen and oxygen atoms in total. The van der Waals surface area contributed by atoms with Crippen LogP contribution < -0.4 is 5.73 Å². The molecule has 0 bridgehead atoms. The molecule has 1 atom stereocenters. The molecule has 0 saturated carbocycles. The van der Waals surface area contributed by atoms with Gasteiger partial charge in [-0.2, -0.15) is 0 Å². The fourth-order valence-electron chi connectivity index (χ4n) is 2.18. The second kappa shape index (κ2) is 5.33. The van der Waals surface area contributed by atoms with E-state index in [1.165, 1.54) is 6.07 Å². The van der Waals surface area contributed by atoms with Gasteiger partial charge in [-0.1, -0.05) is 15.9 Å². The number of rotatable bonds is 2. The van der Waals surface area contributed by atoms with Crippen molar-refractivity contribution >= 4 is 15.9 Å². The van der Waals surface area contributed by atoms with Gasteiger partial charge in [0.1, 0.15) is 0 Å². The SMILES string of the molecule is N[C@@H](c1c(Br)ccc(F)c1O)C1CCOCC1. The number of aromatic hydroxyl groups is 1. The summed E-state index contributed by atoms with van der Waals surface area (Å²) in [6.45, 7) is 1.35. The summed E-state index contributed by atoms with van der Waals surface area (Å²) in [5.41, 5.74) is 6.58. The van der Waals surface area contributed by atoms with Crippen LogP contribution in [0, 0.1) is 11.7 Å². The van der Waals surface area contributed by atoms with Crippen molar-refractivity contribution < 1.29 is 14.2 Å². The van der Waals surface area contributed by atoms with E-state index < -0.39 is 5.82 Å². The quantitative estimate of drug-likeness (QED) is 0.883. The first-order chi connectivity index (χ1) is 8.11. The molecule has 5 heteroatoms. The van der Waals surface area contributed by atoms with Crippen molar-refractivity contribution in [2.75, 3.05) is 13.2 Å². The molecule has 1 aliphatic heterocycles. The summed E-state index contributed by atoms with van der Waals surface area (Å²) in [6.07, 6.45) is 1.67. The Morgan fingerprint density at radius 1 is 1.41 bits per heavy atom. The number of ether oxygens (including phenoxy) is 1. The Kier molecular flexibility index (Phi) is 4.01. The molecule has 0 amide bonds. The van der Waals surface area contributed by atoms with Crippen LogP contribution in [0.3, 0.4) is 0 Å². The van der Waals surface area contributed by atoms with E-state index in [0.717, 1.165) is 12.8 Å². The van der Waals surface area contributed by atoms with Crippen molar-refractivity contribution in [1.82, 2.24) is 0 Å². The van der Waals surface area contributed by atoms with E-state index >= 15 is 0 Å². The lowest BCUT2D eigenvalue weighted by molar-refractivity contribution is 0.0580. The van der Waals surface area contributed by atoms with Crippen LogP contribution in [0.15, 0.2) is 16.6 Å². The van der Waals surface area contributed by atoms with Crippen LogP contribution in [-0.2, 0) is 4.74 Å². The van der Waals surface area contributed by atoms with Crippen molar-refractivity contribution in [3.05, 3.63) is 28.0 Å². The number of nitrogens with two attached hydrogens (primary N) is 1. The molecular formula is C12H15BrFNO2. The van der Waals surface area contributed by atoms with Gasteiger partial charge in [-0.15, -0.1) is 0 Å². The maximum absolute atomic E-state index is 13.3. The van der Waals surface area contributed by atoms with E-state index in [0.29, 0.717) is 23.2 Å². The summed E-state index contributed by atoms with van der Waals surface area (Å²) in [6, 6.07) is 2.42. The van der Waals surface area contributed by atoms with Crippen molar-refractivity contribution in [1.29, 1.82) is 0 Å². The maximum Gasteiger partial charge on any atom is 0.165 e. The van der Waals surface area contributed by atoms with Crippen LogP contribution in [0.5, 0.6) is 5.75 Å². The van der Waals surface area contributed by atoms with Gasteiger partial charge in [-0.3, -0.25) is 0 Å². The molecular weight excluding hydrogens is 289 g/mol. The second-order valence-electron chi connectivity index (χ2n) is 4.27. The van der Waals surface area contributed by atoms with Crippen LogP contribution in [0.2, 0.25) is 0 Å². The van der Waals surface area contributed by atoms with E-state index in [4.69, 9.17) is 10.5 Å². The monoisotopic (exact) mass is 303 g/mol. The highest BCUT2D eigenvalue weighted by Crippen LogP contribution is 2.38. The Bertz CT molecular complexity index is 408. The minimum absolute atomic E-state index is 0.216. The third kappa shape index (κ3) is 2.61. The predicted octanol–water partition coefficient (Wildman–Crippen LogP) is 2.72. The zero-order valence-electron chi connectivity index (χ0n) is 9.33. The topological polar surface area (TPSA) is 55.5 Å². The first-order valence-electron chi connectivity index (χ1n) is 5.61. The van der Waals surface area contributed by atoms with Gasteiger partial charge in [0.2, 0.25) is 0 Å². The fraction of sp³-hybridized carbons (Fsp3) is 0.500. The minimum Gasteiger partial charge on any atom is -0.505 e. The zero-order valence-corrected chi connectivity index (χ0v) is 10.9. The molecule has 0 spiro atoms. The molecule has 0 aliphatic carbocycles. The van der Waals surface area contributed by atoms with Crippen LogP contribution in [-0.4, -0.2) is 18.3 Å². The number of benzene rings is 1. The lowest BCUT2D eigenvalue weighted by atomic mass is 9.87. The normalized spacial score (nSPS) is 19.2. The number of phenols is 1. The fourth-order valence-corrected chi connectivity index (χ4v) is 2.77. The third-order valence-corrected chi connectivity index (χ3v) is 3.91. The standard InChI is InChI=1S/C12H15BrFNO2/c13-8-1-2-9(14)12(16)10(8)11(15)7-3-5-17-6-4-7/h1-2,7,11,16H,3-6,15H2/t11-/m1/s1. The van der Waals surface area contributed by atoms with Gasteiger partial charge in [-0.05, 0) is 30.9 Å². The van der Waals surface area contributed by atoms with Crippen LogP contribution in [0.25, 0.3) is 0 Å². The van der Waals surface area contributed by atoms with Gasteiger partial charge in [0, 0.05) is 29.3 Å². The Morgan fingerprint density at radius 3 is 2.71 bits per heavy atom. The summed E-state index contributed by atoms with van der Waals surface area (Å²) in [4.78, 5) is 0. The lowest BCUT2D eigenvalue weighted by Crippen LogP contribution is -2.27. The summed E-state index contributed by atoms with van der Waals surface area (Å²) in [5, 5.41) is 9.76. The summed E-state index contributed by atoms with van der Waals surface area (Å²) < 4.78 is 19.3. The largest absolute Gasteiger partial charge is 0.505 e. The summed E-state index contributed by atoms with van der Waals surface area (Å²) in [5.74, 6) is -0.767. The average Bonchev–Trinajstić information content (AvgIpc) is 2.35. The molecule has 1 heterocycles. The van der Waals surface area contributed by atoms with Gasteiger partial charge < -0.3 is 15.6 Å². The molecule has 2 rings (SSSR count). The summed E-state index contributed by atoms with van der Waals surface area (Å²) in [7, 11) is 0. The smallest absolute Gasteiger partial charge is 0.165 e. The molecule has 0 unspecified atom stereocenters. The van der Waals surface area contributed by atoms with E-state index in [1.54, 1.807) is 6.07 Å². The molecule has 1 aliphatic rings. The molecule has 0 radical (unpaired) electrons. The van der Waals surface area contributed by atoms with E-state index in [2.05, 4.69) is 15.9 Å².